The third-order valence-corrected chi connectivity index (χ3v) is 11.0. The Morgan fingerprint density at radius 2 is 0.880 bits per heavy atom. The predicted octanol–water partition coefficient (Wildman–Crippen LogP) is 13.2. The zero-order chi connectivity index (χ0) is 33.0. The van der Waals surface area contributed by atoms with E-state index in [4.69, 9.17) is 4.98 Å². The third kappa shape index (κ3) is 4.82. The van der Waals surface area contributed by atoms with Crippen molar-refractivity contribution in [2.75, 3.05) is 0 Å². The van der Waals surface area contributed by atoms with Crippen molar-refractivity contribution in [3.05, 3.63) is 182 Å². The van der Waals surface area contributed by atoms with E-state index in [2.05, 4.69) is 174 Å². The first kappa shape index (κ1) is 28.7. The minimum atomic E-state index is 1.08. The lowest BCUT2D eigenvalue weighted by Gasteiger charge is -2.12. The van der Waals surface area contributed by atoms with Gasteiger partial charge >= 0.3 is 0 Å². The Hall–Kier alpha value is -6.29. The zero-order valence-electron chi connectivity index (χ0n) is 27.1. The largest absolute Gasteiger partial charge is 0.309 e. The van der Waals surface area contributed by atoms with Crippen LogP contribution < -0.4 is 0 Å². The van der Waals surface area contributed by atoms with Gasteiger partial charge in [0.2, 0.25) is 0 Å². The Morgan fingerprint density at radius 1 is 0.360 bits per heavy atom. The molecular formula is C47H30N2S. The molecule has 7 aromatic carbocycles. The second kappa shape index (κ2) is 11.7. The summed E-state index contributed by atoms with van der Waals surface area (Å²) in [6, 6.07) is 63.9. The minimum Gasteiger partial charge on any atom is -0.309 e. The van der Waals surface area contributed by atoms with Crippen LogP contribution in [0.5, 0.6) is 0 Å². The lowest BCUT2D eigenvalue weighted by atomic mass is 9.98. The zero-order valence-corrected chi connectivity index (χ0v) is 27.9. The SMILES string of the molecule is c1ccc(-c2ccc3c(c2)c2cc(-c4ccccc4)ccc2n3-c2cccc(-c3cccc(-c4ccc5sc6cccnc6c5c4)c3)c2)cc1. The first-order valence-corrected chi connectivity index (χ1v) is 17.8. The number of pyridine rings is 1. The average Bonchev–Trinajstić information content (AvgIpc) is 3.73. The quantitative estimate of drug-likeness (QED) is 0.181. The van der Waals surface area contributed by atoms with Crippen LogP contribution in [0.25, 0.3) is 92.3 Å². The molecule has 0 N–H and O–H groups in total. The minimum absolute atomic E-state index is 1.08. The molecule has 0 saturated heterocycles. The molecule has 3 aromatic heterocycles. The van der Waals surface area contributed by atoms with Gasteiger partial charge in [0.1, 0.15) is 0 Å². The lowest BCUT2D eigenvalue weighted by molar-refractivity contribution is 1.18. The van der Waals surface area contributed by atoms with Gasteiger partial charge in [0.15, 0.2) is 0 Å². The summed E-state index contributed by atoms with van der Waals surface area (Å²) in [5, 5.41) is 3.71. The van der Waals surface area contributed by atoms with E-state index in [1.165, 1.54) is 81.1 Å². The maximum Gasteiger partial charge on any atom is 0.0888 e. The Bertz CT molecular complexity index is 2770. The van der Waals surface area contributed by atoms with Crippen molar-refractivity contribution in [3.63, 3.8) is 0 Å². The monoisotopic (exact) mass is 654 g/mol. The molecule has 0 fully saturated rings. The van der Waals surface area contributed by atoms with Crippen LogP contribution in [0.4, 0.5) is 0 Å². The smallest absolute Gasteiger partial charge is 0.0888 e. The number of benzene rings is 7. The molecule has 0 radical (unpaired) electrons. The van der Waals surface area contributed by atoms with E-state index in [0.29, 0.717) is 0 Å². The van der Waals surface area contributed by atoms with Crippen molar-refractivity contribution in [1.82, 2.24) is 9.55 Å². The molecular weight excluding hydrogens is 625 g/mol. The summed E-state index contributed by atoms with van der Waals surface area (Å²) in [4.78, 5) is 4.69. The first-order chi connectivity index (χ1) is 24.8. The normalized spacial score (nSPS) is 11.6. The maximum atomic E-state index is 4.69. The number of fused-ring (bicyclic) bond motifs is 6. The van der Waals surface area contributed by atoms with Gasteiger partial charge in [-0.3, -0.25) is 4.98 Å². The molecule has 50 heavy (non-hydrogen) atoms. The first-order valence-electron chi connectivity index (χ1n) is 16.9. The molecule has 0 aliphatic rings. The molecule has 0 atom stereocenters. The highest BCUT2D eigenvalue weighted by Gasteiger charge is 2.16. The number of thiophene rings is 1. The molecule has 3 heterocycles. The molecule has 0 spiro atoms. The Labute approximate surface area is 294 Å². The summed E-state index contributed by atoms with van der Waals surface area (Å²) in [5.74, 6) is 0. The van der Waals surface area contributed by atoms with Crippen LogP contribution in [0, 0.1) is 0 Å². The van der Waals surface area contributed by atoms with Crippen molar-refractivity contribution >= 4 is 53.4 Å². The molecule has 0 aliphatic heterocycles. The average molecular weight is 655 g/mol. The summed E-state index contributed by atoms with van der Waals surface area (Å²) in [6.07, 6.45) is 1.89. The van der Waals surface area contributed by atoms with Gasteiger partial charge < -0.3 is 4.57 Å². The molecule has 10 rings (SSSR count). The fourth-order valence-electron chi connectivity index (χ4n) is 7.40. The number of rotatable bonds is 5. The lowest BCUT2D eigenvalue weighted by Crippen LogP contribution is -1.94. The summed E-state index contributed by atoms with van der Waals surface area (Å²) in [5.41, 5.74) is 14.3. The molecule has 0 saturated carbocycles. The fourth-order valence-corrected chi connectivity index (χ4v) is 8.45. The van der Waals surface area contributed by atoms with Crippen molar-refractivity contribution < 1.29 is 0 Å². The Kier molecular flexibility index (Phi) is 6.71. The van der Waals surface area contributed by atoms with Crippen molar-refractivity contribution in [3.8, 4) is 50.2 Å². The van der Waals surface area contributed by atoms with E-state index in [1.807, 2.05) is 12.3 Å². The van der Waals surface area contributed by atoms with E-state index in [9.17, 15) is 0 Å². The number of hydrogen-bond donors (Lipinski definition) is 0. The van der Waals surface area contributed by atoms with Gasteiger partial charge in [0.05, 0.1) is 21.3 Å². The summed E-state index contributed by atoms with van der Waals surface area (Å²) in [7, 11) is 0. The van der Waals surface area contributed by atoms with Crippen LogP contribution in [-0.4, -0.2) is 9.55 Å². The molecule has 10 aromatic rings. The molecule has 3 heteroatoms. The van der Waals surface area contributed by atoms with Crippen LogP contribution >= 0.6 is 11.3 Å². The molecule has 2 nitrogen and oxygen atoms in total. The number of nitrogens with zero attached hydrogens (tertiary/aromatic N) is 2. The van der Waals surface area contributed by atoms with Crippen LogP contribution in [0.2, 0.25) is 0 Å². The molecule has 0 bridgehead atoms. The van der Waals surface area contributed by atoms with E-state index in [1.54, 1.807) is 11.3 Å². The van der Waals surface area contributed by atoms with Crippen molar-refractivity contribution in [1.29, 1.82) is 0 Å². The molecule has 0 amide bonds. The maximum absolute atomic E-state index is 4.69. The van der Waals surface area contributed by atoms with E-state index in [-0.39, 0.29) is 0 Å². The third-order valence-electron chi connectivity index (χ3n) is 9.84. The molecule has 234 valence electrons. The van der Waals surface area contributed by atoms with E-state index >= 15 is 0 Å². The van der Waals surface area contributed by atoms with Gasteiger partial charge in [-0.15, -0.1) is 11.3 Å². The van der Waals surface area contributed by atoms with E-state index in [0.717, 1.165) is 11.2 Å². The van der Waals surface area contributed by atoms with Gasteiger partial charge in [0, 0.05) is 32.7 Å². The second-order valence-corrected chi connectivity index (χ2v) is 13.9. The standard InChI is InChI=1S/C47H30N2S/c1-3-10-31(11-4-1)36-19-22-43-40(28-36)41-29-37(32-12-5-2-6-13-32)20-23-44(41)49(43)39-17-8-16-35(27-39)33-14-7-15-34(26-33)38-21-24-45-42(30-38)47-46(50-45)18-9-25-48-47/h1-30H. The highest BCUT2D eigenvalue weighted by molar-refractivity contribution is 7.25. The number of aromatic nitrogens is 2. The second-order valence-electron chi connectivity index (χ2n) is 12.8. The molecule has 0 aliphatic carbocycles. The van der Waals surface area contributed by atoms with Crippen LogP contribution in [0.3, 0.4) is 0 Å². The molecule has 0 unspecified atom stereocenters. The van der Waals surface area contributed by atoms with Crippen molar-refractivity contribution in [2.45, 2.75) is 0 Å². The van der Waals surface area contributed by atoms with Crippen LogP contribution in [-0.2, 0) is 0 Å². The Balaban J connectivity index is 1.11. The van der Waals surface area contributed by atoms with Gasteiger partial charge in [-0.25, -0.2) is 0 Å². The predicted molar refractivity (Wildman–Crippen MR) is 213 cm³/mol. The highest BCUT2D eigenvalue weighted by Crippen LogP contribution is 2.39. The van der Waals surface area contributed by atoms with Crippen LogP contribution in [0.1, 0.15) is 0 Å². The summed E-state index contributed by atoms with van der Waals surface area (Å²) >= 11 is 1.80. The topological polar surface area (TPSA) is 17.8 Å². The Morgan fingerprint density at radius 3 is 1.54 bits per heavy atom. The van der Waals surface area contributed by atoms with Gasteiger partial charge in [0.25, 0.3) is 0 Å². The van der Waals surface area contributed by atoms with Gasteiger partial charge in [-0.1, -0.05) is 109 Å². The highest BCUT2D eigenvalue weighted by atomic mass is 32.1. The van der Waals surface area contributed by atoms with Gasteiger partial charge in [-0.2, -0.15) is 0 Å². The summed E-state index contributed by atoms with van der Waals surface area (Å²) in [6.45, 7) is 0. The van der Waals surface area contributed by atoms with Gasteiger partial charge in [-0.05, 0) is 111 Å². The number of hydrogen-bond acceptors (Lipinski definition) is 2. The summed E-state index contributed by atoms with van der Waals surface area (Å²) < 4.78 is 4.91. The van der Waals surface area contributed by atoms with Crippen molar-refractivity contribution in [2.24, 2.45) is 0 Å². The van der Waals surface area contributed by atoms with E-state index < -0.39 is 0 Å². The van der Waals surface area contributed by atoms with Crippen LogP contribution in [0.15, 0.2) is 182 Å². The fraction of sp³-hybridized carbons (Fsp3) is 0.